The summed E-state index contributed by atoms with van der Waals surface area (Å²) in [5.41, 5.74) is 13.3. The van der Waals surface area contributed by atoms with E-state index >= 15 is 0 Å². The first kappa shape index (κ1) is 8.78. The average molecular weight is 198 g/mol. The van der Waals surface area contributed by atoms with Crippen molar-refractivity contribution in [3.05, 3.63) is 23.0 Å². The first-order valence-corrected chi connectivity index (χ1v) is 4.73. The van der Waals surface area contributed by atoms with E-state index < -0.39 is 0 Å². The molecular weight excluding hydrogens is 186 g/mol. The lowest BCUT2D eigenvalue weighted by molar-refractivity contribution is 0.633. The number of aromatic nitrogens is 1. The molecule has 2 rings (SSSR count). The van der Waals surface area contributed by atoms with Crippen LogP contribution in [-0.4, -0.2) is 4.98 Å². The van der Waals surface area contributed by atoms with E-state index in [4.69, 9.17) is 23.1 Å². The summed E-state index contributed by atoms with van der Waals surface area (Å²) >= 11 is 5.68. The van der Waals surface area contributed by atoms with Crippen LogP contribution >= 0.6 is 11.6 Å². The molecular formula is C9H12ClN3. The molecule has 1 heterocycles. The van der Waals surface area contributed by atoms with Crippen LogP contribution in [0.25, 0.3) is 0 Å². The minimum atomic E-state index is 0.0322. The molecule has 4 heteroatoms. The fraction of sp³-hybridized carbons (Fsp3) is 0.444. The van der Waals surface area contributed by atoms with E-state index in [0.717, 1.165) is 5.56 Å². The van der Waals surface area contributed by atoms with Gasteiger partial charge >= 0.3 is 0 Å². The Kier molecular flexibility index (Phi) is 2.14. The Morgan fingerprint density at radius 2 is 2.23 bits per heavy atom. The Morgan fingerprint density at radius 3 is 2.77 bits per heavy atom. The fourth-order valence-corrected chi connectivity index (χ4v) is 1.61. The molecule has 3 nitrogen and oxygen atoms in total. The summed E-state index contributed by atoms with van der Waals surface area (Å²) < 4.78 is 0. The van der Waals surface area contributed by atoms with Crippen molar-refractivity contribution in [3.8, 4) is 0 Å². The molecule has 70 valence electrons. The van der Waals surface area contributed by atoms with E-state index in [1.165, 1.54) is 12.8 Å². The smallest absolute Gasteiger partial charge is 0.131 e. The molecule has 0 aromatic carbocycles. The van der Waals surface area contributed by atoms with Gasteiger partial charge in [-0.05, 0) is 24.8 Å². The third kappa shape index (κ3) is 1.76. The van der Waals surface area contributed by atoms with E-state index in [1.54, 1.807) is 12.3 Å². The number of nitrogens with zero attached hydrogens (tertiary/aromatic N) is 1. The maximum atomic E-state index is 5.99. The second kappa shape index (κ2) is 3.16. The summed E-state index contributed by atoms with van der Waals surface area (Å²) in [6.07, 6.45) is 4.08. The van der Waals surface area contributed by atoms with Crippen molar-refractivity contribution in [2.45, 2.75) is 18.9 Å². The summed E-state index contributed by atoms with van der Waals surface area (Å²) in [7, 11) is 0. The number of nitrogens with two attached hydrogens (primary N) is 2. The maximum absolute atomic E-state index is 5.99. The van der Waals surface area contributed by atoms with Gasteiger partial charge in [-0.1, -0.05) is 11.6 Å². The highest BCUT2D eigenvalue weighted by molar-refractivity contribution is 6.29. The highest BCUT2D eigenvalue weighted by Crippen LogP contribution is 2.40. The molecule has 1 fully saturated rings. The number of hydrogen-bond acceptors (Lipinski definition) is 3. The molecule has 0 amide bonds. The van der Waals surface area contributed by atoms with E-state index in [-0.39, 0.29) is 6.04 Å². The number of rotatable bonds is 2. The molecule has 1 aromatic heterocycles. The summed E-state index contributed by atoms with van der Waals surface area (Å²) in [6, 6.07) is 1.68. The van der Waals surface area contributed by atoms with E-state index in [0.29, 0.717) is 16.8 Å². The van der Waals surface area contributed by atoms with Gasteiger partial charge in [0.15, 0.2) is 0 Å². The molecule has 0 aliphatic heterocycles. The topological polar surface area (TPSA) is 64.9 Å². The van der Waals surface area contributed by atoms with Crippen molar-refractivity contribution in [3.63, 3.8) is 0 Å². The number of hydrogen-bond donors (Lipinski definition) is 2. The molecule has 1 aliphatic rings. The third-order valence-corrected chi connectivity index (χ3v) is 2.63. The highest BCUT2D eigenvalue weighted by Gasteiger charge is 2.30. The fourth-order valence-electron chi connectivity index (χ4n) is 1.44. The molecule has 4 N–H and O–H groups in total. The first-order valence-electron chi connectivity index (χ1n) is 4.35. The van der Waals surface area contributed by atoms with Crippen LogP contribution in [0.15, 0.2) is 12.3 Å². The van der Waals surface area contributed by atoms with Gasteiger partial charge in [0, 0.05) is 23.5 Å². The molecule has 13 heavy (non-hydrogen) atoms. The summed E-state index contributed by atoms with van der Waals surface area (Å²) in [5, 5.41) is 0.421. The van der Waals surface area contributed by atoms with Gasteiger partial charge in [-0.3, -0.25) is 0 Å². The Morgan fingerprint density at radius 1 is 1.54 bits per heavy atom. The lowest BCUT2D eigenvalue weighted by atomic mass is 10.0. The molecule has 0 bridgehead atoms. The predicted octanol–water partition coefficient (Wildman–Crippen LogP) is 1.73. The lowest BCUT2D eigenvalue weighted by Crippen LogP contribution is -2.14. The molecule has 1 atom stereocenters. The summed E-state index contributed by atoms with van der Waals surface area (Å²) in [6.45, 7) is 0. The Balaban J connectivity index is 2.28. The Hall–Kier alpha value is -0.800. The van der Waals surface area contributed by atoms with E-state index in [9.17, 15) is 0 Å². The zero-order chi connectivity index (χ0) is 9.42. The monoisotopic (exact) mass is 197 g/mol. The van der Waals surface area contributed by atoms with Crippen molar-refractivity contribution in [1.82, 2.24) is 4.98 Å². The van der Waals surface area contributed by atoms with Gasteiger partial charge in [0.2, 0.25) is 0 Å². The summed E-state index contributed by atoms with van der Waals surface area (Å²) in [5.74, 6) is 0.588. The van der Waals surface area contributed by atoms with Crippen molar-refractivity contribution in [2.24, 2.45) is 11.7 Å². The Bertz CT molecular complexity index is 323. The number of pyridine rings is 1. The van der Waals surface area contributed by atoms with Gasteiger partial charge in [0.25, 0.3) is 0 Å². The van der Waals surface area contributed by atoms with Crippen LogP contribution in [0.4, 0.5) is 5.69 Å². The van der Waals surface area contributed by atoms with Crippen molar-refractivity contribution < 1.29 is 0 Å². The lowest BCUT2D eigenvalue weighted by Gasteiger charge is -2.12. The molecule has 0 saturated heterocycles. The number of anilines is 1. The standard InChI is InChI=1S/C9H12ClN3/c10-8-3-7(11)6(4-13-8)9(12)5-1-2-5/h3-5,9H,1-2,12H2,(H2,11,13). The van der Waals surface area contributed by atoms with E-state index in [2.05, 4.69) is 4.98 Å². The predicted molar refractivity (Wildman–Crippen MR) is 53.3 cm³/mol. The van der Waals surface area contributed by atoms with Crippen LogP contribution in [0.2, 0.25) is 5.15 Å². The van der Waals surface area contributed by atoms with Crippen LogP contribution in [0, 0.1) is 5.92 Å². The van der Waals surface area contributed by atoms with Gasteiger partial charge in [-0.25, -0.2) is 4.98 Å². The zero-order valence-corrected chi connectivity index (χ0v) is 7.96. The molecule has 1 aromatic rings. The zero-order valence-electron chi connectivity index (χ0n) is 7.20. The van der Waals surface area contributed by atoms with E-state index in [1.807, 2.05) is 0 Å². The average Bonchev–Trinajstić information content (AvgIpc) is 2.85. The van der Waals surface area contributed by atoms with Crippen LogP contribution in [0.1, 0.15) is 24.4 Å². The van der Waals surface area contributed by atoms with Gasteiger partial charge in [0.05, 0.1) is 0 Å². The SMILES string of the molecule is Nc1cc(Cl)ncc1C(N)C1CC1. The second-order valence-corrected chi connectivity index (χ2v) is 3.89. The normalized spacial score (nSPS) is 18.6. The number of halogens is 1. The van der Waals surface area contributed by atoms with Crippen molar-refractivity contribution >= 4 is 17.3 Å². The van der Waals surface area contributed by atoms with Crippen LogP contribution in [0.3, 0.4) is 0 Å². The highest BCUT2D eigenvalue weighted by atomic mass is 35.5. The summed E-state index contributed by atoms with van der Waals surface area (Å²) in [4.78, 5) is 3.98. The van der Waals surface area contributed by atoms with Crippen LogP contribution in [-0.2, 0) is 0 Å². The first-order chi connectivity index (χ1) is 6.18. The van der Waals surface area contributed by atoms with Crippen LogP contribution in [0.5, 0.6) is 0 Å². The van der Waals surface area contributed by atoms with Crippen LogP contribution < -0.4 is 11.5 Å². The molecule has 1 unspecified atom stereocenters. The van der Waals surface area contributed by atoms with Gasteiger partial charge < -0.3 is 11.5 Å². The van der Waals surface area contributed by atoms with Gasteiger partial charge in [0.1, 0.15) is 5.15 Å². The Labute approximate surface area is 82.1 Å². The minimum Gasteiger partial charge on any atom is -0.398 e. The molecule has 1 saturated carbocycles. The molecule has 1 aliphatic carbocycles. The van der Waals surface area contributed by atoms with Crippen molar-refractivity contribution in [1.29, 1.82) is 0 Å². The minimum absolute atomic E-state index is 0.0322. The van der Waals surface area contributed by atoms with Gasteiger partial charge in [-0.15, -0.1) is 0 Å². The molecule has 0 spiro atoms. The van der Waals surface area contributed by atoms with Gasteiger partial charge in [-0.2, -0.15) is 0 Å². The maximum Gasteiger partial charge on any atom is 0.131 e. The largest absolute Gasteiger partial charge is 0.398 e. The molecule has 0 radical (unpaired) electrons. The second-order valence-electron chi connectivity index (χ2n) is 3.50. The third-order valence-electron chi connectivity index (χ3n) is 2.42. The van der Waals surface area contributed by atoms with Crippen molar-refractivity contribution in [2.75, 3.05) is 5.73 Å². The number of nitrogen functional groups attached to an aromatic ring is 1. The quantitative estimate of drug-likeness (QED) is 0.710.